The molecule has 2 atom stereocenters. The summed E-state index contributed by atoms with van der Waals surface area (Å²) in [7, 11) is 0. The minimum Gasteiger partial charge on any atom is -0.375 e. The predicted molar refractivity (Wildman–Crippen MR) is 67.4 cm³/mol. The van der Waals surface area contributed by atoms with Crippen LogP contribution in [-0.2, 0) is 4.74 Å². The zero-order valence-corrected chi connectivity index (χ0v) is 10.7. The summed E-state index contributed by atoms with van der Waals surface area (Å²) in [5.41, 5.74) is 6.57. The molecule has 16 heavy (non-hydrogen) atoms. The Bertz CT molecular complexity index is 211. The molecule has 1 aliphatic carbocycles. The fraction of sp³-hybridized carbons (Fsp3) is 1.00. The first-order valence-corrected chi connectivity index (χ1v) is 7.15. The van der Waals surface area contributed by atoms with Gasteiger partial charge in [-0.1, -0.05) is 32.6 Å². The summed E-state index contributed by atoms with van der Waals surface area (Å²) in [5.74, 6) is 0.721. The molecule has 1 heterocycles. The molecule has 0 radical (unpaired) electrons. The van der Waals surface area contributed by atoms with E-state index >= 15 is 0 Å². The monoisotopic (exact) mass is 225 g/mol. The van der Waals surface area contributed by atoms with Crippen molar-refractivity contribution in [2.75, 3.05) is 6.61 Å². The van der Waals surface area contributed by atoms with Gasteiger partial charge in [-0.2, -0.15) is 0 Å². The Kier molecular flexibility index (Phi) is 4.26. The lowest BCUT2D eigenvalue weighted by Gasteiger charge is -2.40. The summed E-state index contributed by atoms with van der Waals surface area (Å²) in [6.07, 6.45) is 11.5. The van der Waals surface area contributed by atoms with E-state index in [2.05, 4.69) is 6.92 Å². The van der Waals surface area contributed by atoms with Crippen LogP contribution in [0.3, 0.4) is 0 Å². The van der Waals surface area contributed by atoms with Gasteiger partial charge in [0.15, 0.2) is 0 Å². The van der Waals surface area contributed by atoms with Crippen LogP contribution in [0.5, 0.6) is 0 Å². The third-order valence-electron chi connectivity index (χ3n) is 4.54. The van der Waals surface area contributed by atoms with E-state index in [-0.39, 0.29) is 5.60 Å². The highest BCUT2D eigenvalue weighted by molar-refractivity contribution is 4.93. The lowest BCUT2D eigenvalue weighted by molar-refractivity contribution is -0.0964. The third kappa shape index (κ3) is 2.78. The van der Waals surface area contributed by atoms with Gasteiger partial charge in [-0.3, -0.25) is 0 Å². The van der Waals surface area contributed by atoms with Gasteiger partial charge in [-0.25, -0.2) is 0 Å². The van der Waals surface area contributed by atoms with Gasteiger partial charge < -0.3 is 10.5 Å². The Labute approximate surface area is 99.9 Å². The SMILES string of the molecule is CCCCC(N)C1CCOC2(CCCC2)C1. The molecule has 2 rings (SSSR count). The van der Waals surface area contributed by atoms with Gasteiger partial charge in [0, 0.05) is 12.6 Å². The van der Waals surface area contributed by atoms with E-state index in [4.69, 9.17) is 10.5 Å². The second-order valence-corrected chi connectivity index (χ2v) is 5.80. The molecule has 2 nitrogen and oxygen atoms in total. The Morgan fingerprint density at radius 3 is 2.81 bits per heavy atom. The normalized spacial score (nSPS) is 30.8. The molecular formula is C14H27NO. The van der Waals surface area contributed by atoms with Crippen LogP contribution in [0.15, 0.2) is 0 Å². The number of rotatable bonds is 4. The van der Waals surface area contributed by atoms with E-state index in [1.807, 2.05) is 0 Å². The van der Waals surface area contributed by atoms with Gasteiger partial charge in [0.05, 0.1) is 5.60 Å². The quantitative estimate of drug-likeness (QED) is 0.797. The van der Waals surface area contributed by atoms with Gasteiger partial charge in [0.1, 0.15) is 0 Å². The molecule has 1 saturated carbocycles. The first kappa shape index (κ1) is 12.4. The summed E-state index contributed by atoms with van der Waals surface area (Å²) >= 11 is 0. The average Bonchev–Trinajstić information content (AvgIpc) is 2.74. The lowest BCUT2D eigenvalue weighted by atomic mass is 9.79. The number of hydrogen-bond donors (Lipinski definition) is 1. The van der Waals surface area contributed by atoms with Crippen LogP contribution in [0.2, 0.25) is 0 Å². The minimum absolute atomic E-state index is 0.243. The smallest absolute Gasteiger partial charge is 0.0685 e. The first-order chi connectivity index (χ1) is 7.76. The number of ether oxygens (including phenoxy) is 1. The van der Waals surface area contributed by atoms with Crippen molar-refractivity contribution in [3.63, 3.8) is 0 Å². The Hall–Kier alpha value is -0.0800. The van der Waals surface area contributed by atoms with E-state index in [9.17, 15) is 0 Å². The molecule has 94 valence electrons. The zero-order chi connectivity index (χ0) is 11.4. The molecule has 1 saturated heterocycles. The summed E-state index contributed by atoms with van der Waals surface area (Å²) < 4.78 is 6.06. The largest absolute Gasteiger partial charge is 0.375 e. The molecule has 1 spiro atoms. The maximum atomic E-state index is 6.33. The summed E-state index contributed by atoms with van der Waals surface area (Å²) in [6.45, 7) is 3.19. The maximum absolute atomic E-state index is 6.33. The number of unbranched alkanes of at least 4 members (excludes halogenated alkanes) is 1. The van der Waals surface area contributed by atoms with Crippen molar-refractivity contribution >= 4 is 0 Å². The Morgan fingerprint density at radius 2 is 2.12 bits per heavy atom. The van der Waals surface area contributed by atoms with Crippen molar-refractivity contribution in [1.29, 1.82) is 0 Å². The van der Waals surface area contributed by atoms with Crippen molar-refractivity contribution in [1.82, 2.24) is 0 Å². The van der Waals surface area contributed by atoms with Gasteiger partial charge in [0.25, 0.3) is 0 Å². The van der Waals surface area contributed by atoms with Crippen LogP contribution in [0.25, 0.3) is 0 Å². The molecule has 0 aromatic rings. The molecule has 2 N–H and O–H groups in total. The molecule has 2 heteroatoms. The second-order valence-electron chi connectivity index (χ2n) is 5.80. The molecule has 0 amide bonds. The minimum atomic E-state index is 0.243. The van der Waals surface area contributed by atoms with Crippen LogP contribution in [0.4, 0.5) is 0 Å². The van der Waals surface area contributed by atoms with Crippen molar-refractivity contribution in [2.24, 2.45) is 11.7 Å². The van der Waals surface area contributed by atoms with Crippen LogP contribution in [0.1, 0.15) is 64.7 Å². The highest BCUT2D eigenvalue weighted by Crippen LogP contribution is 2.42. The molecule has 1 aliphatic heterocycles. The van der Waals surface area contributed by atoms with Crippen LogP contribution < -0.4 is 5.73 Å². The van der Waals surface area contributed by atoms with Crippen molar-refractivity contribution in [3.8, 4) is 0 Å². The fourth-order valence-electron chi connectivity index (χ4n) is 3.47. The van der Waals surface area contributed by atoms with E-state index in [0.29, 0.717) is 6.04 Å². The van der Waals surface area contributed by atoms with Gasteiger partial charge in [0.2, 0.25) is 0 Å². The fourth-order valence-corrected chi connectivity index (χ4v) is 3.47. The van der Waals surface area contributed by atoms with Crippen LogP contribution in [0, 0.1) is 5.92 Å². The topological polar surface area (TPSA) is 35.2 Å². The predicted octanol–water partition coefficient (Wildman–Crippen LogP) is 3.24. The second kappa shape index (κ2) is 5.50. The molecule has 0 aromatic heterocycles. The van der Waals surface area contributed by atoms with Crippen molar-refractivity contribution in [2.45, 2.75) is 76.4 Å². The molecule has 2 aliphatic rings. The Balaban J connectivity index is 1.85. The van der Waals surface area contributed by atoms with E-state index in [1.54, 1.807) is 0 Å². The highest BCUT2D eigenvalue weighted by Gasteiger charge is 2.41. The van der Waals surface area contributed by atoms with Crippen LogP contribution in [-0.4, -0.2) is 18.2 Å². The summed E-state index contributed by atoms with van der Waals surface area (Å²) in [4.78, 5) is 0. The lowest BCUT2D eigenvalue weighted by Crippen LogP contribution is -2.43. The zero-order valence-electron chi connectivity index (χ0n) is 10.7. The first-order valence-electron chi connectivity index (χ1n) is 7.15. The Morgan fingerprint density at radius 1 is 1.38 bits per heavy atom. The van der Waals surface area contributed by atoms with Crippen molar-refractivity contribution < 1.29 is 4.74 Å². The number of nitrogens with two attached hydrogens (primary N) is 1. The standard InChI is InChI=1S/C14H27NO/c1-2-3-6-13(15)12-7-10-16-14(11-12)8-4-5-9-14/h12-13H,2-11,15H2,1H3. The van der Waals surface area contributed by atoms with E-state index in [0.717, 1.165) is 12.5 Å². The summed E-state index contributed by atoms with van der Waals surface area (Å²) in [6, 6.07) is 0.418. The van der Waals surface area contributed by atoms with Gasteiger partial charge in [-0.05, 0) is 38.0 Å². The molecule has 0 bridgehead atoms. The molecule has 2 unspecified atom stereocenters. The highest BCUT2D eigenvalue weighted by atomic mass is 16.5. The van der Waals surface area contributed by atoms with Gasteiger partial charge in [-0.15, -0.1) is 0 Å². The van der Waals surface area contributed by atoms with Crippen LogP contribution >= 0.6 is 0 Å². The van der Waals surface area contributed by atoms with E-state index < -0.39 is 0 Å². The number of hydrogen-bond acceptors (Lipinski definition) is 2. The maximum Gasteiger partial charge on any atom is 0.0685 e. The molecule has 2 fully saturated rings. The van der Waals surface area contributed by atoms with Crippen molar-refractivity contribution in [3.05, 3.63) is 0 Å². The summed E-state index contributed by atoms with van der Waals surface area (Å²) in [5, 5.41) is 0. The van der Waals surface area contributed by atoms with Gasteiger partial charge >= 0.3 is 0 Å². The average molecular weight is 225 g/mol. The molecular weight excluding hydrogens is 198 g/mol. The third-order valence-corrected chi connectivity index (χ3v) is 4.54. The molecule has 0 aromatic carbocycles. The van der Waals surface area contributed by atoms with E-state index in [1.165, 1.54) is 57.8 Å².